The van der Waals surface area contributed by atoms with Crippen LogP contribution >= 0.6 is 0 Å². The molecule has 0 aromatic rings. The summed E-state index contributed by atoms with van der Waals surface area (Å²) in [7, 11) is 0. The number of hydrogen-bond acceptors (Lipinski definition) is 1. The van der Waals surface area contributed by atoms with Gasteiger partial charge >= 0.3 is 0 Å². The Hall–Kier alpha value is -0.0365. The van der Waals surface area contributed by atoms with Crippen molar-refractivity contribution in [3.8, 4) is 0 Å². The van der Waals surface area contributed by atoms with Gasteiger partial charge in [-0.25, -0.2) is 0 Å². The van der Waals surface area contributed by atoms with Crippen molar-refractivity contribution in [3.05, 3.63) is 0 Å². The number of carboxylic acids is 1. The molecule has 0 aliphatic carbocycles. The average Bonchev–Trinajstić information content (AvgIpc) is 0.811. The molecule has 50 valence electrons. The van der Waals surface area contributed by atoms with E-state index in [1.807, 2.05) is 0 Å². The Labute approximate surface area is 54.8 Å². The van der Waals surface area contributed by atoms with Crippen LogP contribution in [0.25, 0.3) is 0 Å². The minimum atomic E-state index is -0.833. The van der Waals surface area contributed by atoms with Crippen LogP contribution in [-0.4, -0.2) is 11.1 Å². The summed E-state index contributed by atoms with van der Waals surface area (Å²) >= 11 is 0. The van der Waals surface area contributed by atoms with Gasteiger partial charge in [0.2, 0.25) is 0 Å². The van der Waals surface area contributed by atoms with Crippen molar-refractivity contribution in [3.63, 3.8) is 0 Å². The summed E-state index contributed by atoms with van der Waals surface area (Å²) in [5.41, 5.74) is 0. The normalized spacial score (nSPS) is 3.57. The molecular formula is C4H12NiO2. The first-order valence-corrected chi connectivity index (χ1v) is 0.928. The molecule has 0 spiro atoms. The number of carboxylic acid groups (broad SMARTS) is 1. The molecule has 0 aliphatic rings. The van der Waals surface area contributed by atoms with Crippen molar-refractivity contribution in [2.24, 2.45) is 0 Å². The van der Waals surface area contributed by atoms with E-state index in [-0.39, 0.29) is 31.3 Å². The van der Waals surface area contributed by atoms with Crippen LogP contribution in [0, 0.1) is 0 Å². The van der Waals surface area contributed by atoms with Crippen LogP contribution in [0.15, 0.2) is 0 Å². The molecule has 0 saturated carbocycles. The van der Waals surface area contributed by atoms with E-state index in [1.54, 1.807) is 0 Å². The smallest absolute Gasteiger partial charge is 0.300 e. The Morgan fingerprint density at radius 3 is 1.43 bits per heavy atom. The monoisotopic (exact) mass is 150 g/mol. The first-order chi connectivity index (χ1) is 1.73. The number of hydrogen-bond donors (Lipinski definition) is 1. The maximum Gasteiger partial charge on any atom is 0.300 e. The van der Waals surface area contributed by atoms with Crippen LogP contribution in [0.1, 0.15) is 21.8 Å². The second-order valence-corrected chi connectivity index (χ2v) is 0.519. The van der Waals surface area contributed by atoms with E-state index in [9.17, 15) is 0 Å². The first kappa shape index (κ1) is 28.2. The Bertz CT molecular complexity index is 32.7. The largest absolute Gasteiger partial charge is 0.481 e. The second-order valence-electron chi connectivity index (χ2n) is 0.519. The molecule has 0 amide bonds. The maximum absolute atomic E-state index is 9.00. The van der Waals surface area contributed by atoms with Crippen molar-refractivity contribution >= 4 is 5.97 Å². The van der Waals surface area contributed by atoms with E-state index >= 15 is 0 Å². The maximum atomic E-state index is 9.00. The van der Waals surface area contributed by atoms with Crippen LogP contribution in [0.2, 0.25) is 0 Å². The molecule has 2 nitrogen and oxygen atoms in total. The van der Waals surface area contributed by atoms with Crippen molar-refractivity contribution in [1.29, 1.82) is 0 Å². The molecule has 0 radical (unpaired) electrons. The molecule has 0 aromatic carbocycles. The average molecular weight is 151 g/mol. The zero-order valence-electron chi connectivity index (χ0n) is 2.67. The van der Waals surface area contributed by atoms with E-state index in [2.05, 4.69) is 0 Å². The van der Waals surface area contributed by atoms with Crippen LogP contribution in [0.3, 0.4) is 0 Å². The zero-order valence-corrected chi connectivity index (χ0v) is 3.66. The van der Waals surface area contributed by atoms with Gasteiger partial charge in [0.1, 0.15) is 0 Å². The third-order valence-electron chi connectivity index (χ3n) is 0. The quantitative estimate of drug-likeness (QED) is 0.530. The SMILES string of the molecule is C.C.CC(=O)O.[Ni]. The molecule has 0 rings (SSSR count). The second kappa shape index (κ2) is 16.7. The van der Waals surface area contributed by atoms with Gasteiger partial charge in [0.25, 0.3) is 5.97 Å². The van der Waals surface area contributed by atoms with E-state index in [0.29, 0.717) is 0 Å². The van der Waals surface area contributed by atoms with Crippen LogP contribution < -0.4 is 0 Å². The first-order valence-electron chi connectivity index (χ1n) is 0.928. The van der Waals surface area contributed by atoms with Gasteiger partial charge in [-0.15, -0.1) is 0 Å². The molecule has 0 unspecified atom stereocenters. The molecule has 0 aromatic heterocycles. The van der Waals surface area contributed by atoms with Gasteiger partial charge in [0.05, 0.1) is 0 Å². The van der Waals surface area contributed by atoms with E-state index in [4.69, 9.17) is 9.90 Å². The third kappa shape index (κ3) is 70300. The Kier molecular flexibility index (Phi) is 67.4. The van der Waals surface area contributed by atoms with Gasteiger partial charge < -0.3 is 5.11 Å². The van der Waals surface area contributed by atoms with Crippen LogP contribution in [0.4, 0.5) is 0 Å². The summed E-state index contributed by atoms with van der Waals surface area (Å²) in [6.45, 7) is 1.08. The summed E-state index contributed by atoms with van der Waals surface area (Å²) in [4.78, 5) is 9.00. The van der Waals surface area contributed by atoms with Gasteiger partial charge in [0.15, 0.2) is 0 Å². The molecule has 1 N–H and O–H groups in total. The van der Waals surface area contributed by atoms with Crippen molar-refractivity contribution in [1.82, 2.24) is 0 Å². The summed E-state index contributed by atoms with van der Waals surface area (Å²) in [5, 5.41) is 7.42. The van der Waals surface area contributed by atoms with Crippen molar-refractivity contribution in [2.75, 3.05) is 0 Å². The van der Waals surface area contributed by atoms with Gasteiger partial charge in [-0.1, -0.05) is 14.9 Å². The molecule has 0 fully saturated rings. The summed E-state index contributed by atoms with van der Waals surface area (Å²) in [5.74, 6) is -0.833. The molecular weight excluding hydrogens is 139 g/mol. The van der Waals surface area contributed by atoms with Gasteiger partial charge in [-0.05, 0) is 0 Å². The number of rotatable bonds is 0. The minimum Gasteiger partial charge on any atom is -0.481 e. The Balaban J connectivity index is -0.0000000150. The predicted molar refractivity (Wildman–Crippen MR) is 26.8 cm³/mol. The zero-order chi connectivity index (χ0) is 3.58. The fourth-order valence-corrected chi connectivity index (χ4v) is 0. The van der Waals surface area contributed by atoms with E-state index in [1.165, 1.54) is 0 Å². The Morgan fingerprint density at radius 2 is 1.43 bits per heavy atom. The van der Waals surface area contributed by atoms with Gasteiger partial charge in [-0.2, -0.15) is 0 Å². The topological polar surface area (TPSA) is 37.3 Å². The standard InChI is InChI=1S/C2H4O2.2CH4.Ni/c1-2(3)4;;;/h1H3,(H,3,4);2*1H4;. The molecule has 0 heterocycles. The summed E-state index contributed by atoms with van der Waals surface area (Å²) in [6, 6.07) is 0. The molecule has 0 bridgehead atoms. The van der Waals surface area contributed by atoms with Crippen molar-refractivity contribution in [2.45, 2.75) is 21.8 Å². The molecule has 0 saturated heterocycles. The molecule has 0 aliphatic heterocycles. The molecule has 0 atom stereocenters. The number of aliphatic carboxylic acids is 1. The van der Waals surface area contributed by atoms with Crippen molar-refractivity contribution < 1.29 is 26.4 Å². The van der Waals surface area contributed by atoms with E-state index in [0.717, 1.165) is 6.92 Å². The third-order valence-corrected chi connectivity index (χ3v) is 0. The number of carbonyl (C=O) groups is 1. The van der Waals surface area contributed by atoms with Crippen LogP contribution in [0.5, 0.6) is 0 Å². The fraction of sp³-hybridized carbons (Fsp3) is 0.750. The summed E-state index contributed by atoms with van der Waals surface area (Å²) < 4.78 is 0. The van der Waals surface area contributed by atoms with Crippen LogP contribution in [-0.2, 0) is 21.3 Å². The van der Waals surface area contributed by atoms with Gasteiger partial charge in [-0.3, -0.25) is 4.79 Å². The summed E-state index contributed by atoms with van der Waals surface area (Å²) in [6.07, 6.45) is 0. The van der Waals surface area contributed by atoms with E-state index < -0.39 is 5.97 Å². The predicted octanol–water partition coefficient (Wildman–Crippen LogP) is 1.36. The molecule has 7 heavy (non-hydrogen) atoms. The minimum absolute atomic E-state index is 0. The van der Waals surface area contributed by atoms with Gasteiger partial charge in [0, 0.05) is 23.4 Å². The fourth-order valence-electron chi connectivity index (χ4n) is 0. The molecule has 3 heteroatoms. The Morgan fingerprint density at radius 1 is 1.43 bits per heavy atom.